The summed E-state index contributed by atoms with van der Waals surface area (Å²) < 4.78 is 14.7. The molecule has 3 heterocycles. The number of fused-ring (bicyclic) bond motifs is 1. The second-order valence-corrected chi connectivity index (χ2v) is 6.91. The molecular formula is C23H16FN7O. The SMILES string of the molecule is O=C(Nc1ccc(F)cc1)Nc1cccc(-c2ccc3nnc(-c4ccncc4)n3n2)c1. The Hall–Kier alpha value is -4.66. The number of urea groups is 1. The van der Waals surface area contributed by atoms with Gasteiger partial charge in [-0.1, -0.05) is 12.1 Å². The zero-order valence-corrected chi connectivity index (χ0v) is 16.6. The normalized spacial score (nSPS) is 10.8. The van der Waals surface area contributed by atoms with E-state index in [0.29, 0.717) is 28.5 Å². The van der Waals surface area contributed by atoms with Crippen molar-refractivity contribution >= 4 is 23.1 Å². The molecule has 0 saturated heterocycles. The molecule has 0 radical (unpaired) electrons. The van der Waals surface area contributed by atoms with E-state index < -0.39 is 6.03 Å². The van der Waals surface area contributed by atoms with Crippen molar-refractivity contribution in [3.8, 4) is 22.6 Å². The van der Waals surface area contributed by atoms with E-state index in [1.807, 2.05) is 42.5 Å². The van der Waals surface area contributed by atoms with E-state index in [0.717, 1.165) is 11.1 Å². The highest BCUT2D eigenvalue weighted by molar-refractivity contribution is 6.00. The molecule has 8 nitrogen and oxygen atoms in total. The lowest BCUT2D eigenvalue weighted by atomic mass is 10.1. The van der Waals surface area contributed by atoms with Gasteiger partial charge in [-0.3, -0.25) is 4.98 Å². The van der Waals surface area contributed by atoms with E-state index in [4.69, 9.17) is 0 Å². The van der Waals surface area contributed by atoms with Crippen molar-refractivity contribution in [2.24, 2.45) is 0 Å². The van der Waals surface area contributed by atoms with Crippen molar-refractivity contribution in [1.82, 2.24) is 24.8 Å². The van der Waals surface area contributed by atoms with Gasteiger partial charge in [-0.25, -0.2) is 9.18 Å². The molecule has 0 saturated carbocycles. The Kier molecular flexibility index (Phi) is 4.97. The fourth-order valence-electron chi connectivity index (χ4n) is 3.21. The van der Waals surface area contributed by atoms with E-state index in [1.54, 1.807) is 23.0 Å². The van der Waals surface area contributed by atoms with Crippen LogP contribution in [0.5, 0.6) is 0 Å². The number of aromatic nitrogens is 5. The summed E-state index contributed by atoms with van der Waals surface area (Å²) >= 11 is 0. The van der Waals surface area contributed by atoms with E-state index >= 15 is 0 Å². The Morgan fingerprint density at radius 3 is 2.41 bits per heavy atom. The van der Waals surface area contributed by atoms with Crippen LogP contribution < -0.4 is 10.6 Å². The zero-order valence-electron chi connectivity index (χ0n) is 16.6. The van der Waals surface area contributed by atoms with Crippen molar-refractivity contribution in [2.45, 2.75) is 0 Å². The van der Waals surface area contributed by atoms with Crippen LogP contribution in [0.4, 0.5) is 20.6 Å². The predicted molar refractivity (Wildman–Crippen MR) is 118 cm³/mol. The minimum absolute atomic E-state index is 0.367. The molecule has 3 aromatic heterocycles. The number of benzene rings is 2. The smallest absolute Gasteiger partial charge is 0.308 e. The number of rotatable bonds is 4. The molecule has 9 heteroatoms. The quantitative estimate of drug-likeness (QED) is 0.437. The molecule has 0 unspecified atom stereocenters. The third-order valence-corrected chi connectivity index (χ3v) is 4.72. The van der Waals surface area contributed by atoms with Gasteiger partial charge in [0.2, 0.25) is 0 Å². The molecule has 0 bridgehead atoms. The van der Waals surface area contributed by atoms with Crippen LogP contribution >= 0.6 is 0 Å². The van der Waals surface area contributed by atoms with Gasteiger partial charge in [0.15, 0.2) is 11.5 Å². The van der Waals surface area contributed by atoms with Gasteiger partial charge in [-0.15, -0.1) is 10.2 Å². The molecule has 0 aliphatic carbocycles. The van der Waals surface area contributed by atoms with Gasteiger partial charge in [-0.05, 0) is 60.7 Å². The molecule has 2 amide bonds. The van der Waals surface area contributed by atoms with Crippen LogP contribution in [0, 0.1) is 5.82 Å². The first kappa shape index (κ1) is 19.3. The summed E-state index contributed by atoms with van der Waals surface area (Å²) in [4.78, 5) is 16.3. The number of pyridine rings is 1. The molecule has 2 N–H and O–H groups in total. The van der Waals surface area contributed by atoms with Gasteiger partial charge >= 0.3 is 6.03 Å². The van der Waals surface area contributed by atoms with Crippen LogP contribution in [-0.2, 0) is 0 Å². The van der Waals surface area contributed by atoms with E-state index in [2.05, 4.69) is 30.9 Å². The van der Waals surface area contributed by atoms with Crippen LogP contribution in [0.15, 0.2) is 85.2 Å². The number of hydrogen-bond donors (Lipinski definition) is 2. The first-order valence-electron chi connectivity index (χ1n) is 9.72. The van der Waals surface area contributed by atoms with Crippen LogP contribution in [0.25, 0.3) is 28.3 Å². The standard InChI is InChI=1S/C23H16FN7O/c24-17-4-6-18(7-5-17)26-23(32)27-19-3-1-2-16(14-19)20-8-9-21-28-29-22(31(21)30-20)15-10-12-25-13-11-15/h1-14H,(H2,26,27,32). The van der Waals surface area contributed by atoms with Gasteiger partial charge in [0.1, 0.15) is 5.82 Å². The van der Waals surface area contributed by atoms with Crippen molar-refractivity contribution in [3.63, 3.8) is 0 Å². The minimum atomic E-state index is -0.434. The number of nitrogens with zero attached hydrogens (tertiary/aromatic N) is 5. The molecule has 0 atom stereocenters. The Morgan fingerprint density at radius 1 is 0.812 bits per heavy atom. The number of hydrogen-bond acceptors (Lipinski definition) is 5. The summed E-state index contributed by atoms with van der Waals surface area (Å²) in [5.74, 6) is 0.241. The van der Waals surface area contributed by atoms with E-state index in [1.165, 1.54) is 24.3 Å². The zero-order chi connectivity index (χ0) is 21.9. The molecule has 5 aromatic rings. The number of carbonyl (C=O) groups excluding carboxylic acids is 1. The Bertz CT molecular complexity index is 1400. The van der Waals surface area contributed by atoms with Gasteiger partial charge < -0.3 is 10.6 Å². The summed E-state index contributed by atoms with van der Waals surface area (Å²) in [5, 5.41) is 18.5. The molecule has 5 rings (SSSR count). The Morgan fingerprint density at radius 2 is 1.59 bits per heavy atom. The topological polar surface area (TPSA) is 97.1 Å². The van der Waals surface area contributed by atoms with Gasteiger partial charge in [0.05, 0.1) is 5.69 Å². The monoisotopic (exact) mass is 425 g/mol. The predicted octanol–water partition coefficient (Wildman–Crippen LogP) is 4.64. The number of halogens is 1. The number of nitrogens with one attached hydrogen (secondary N) is 2. The highest BCUT2D eigenvalue weighted by atomic mass is 19.1. The third-order valence-electron chi connectivity index (χ3n) is 4.72. The summed E-state index contributed by atoms with van der Waals surface area (Å²) in [7, 11) is 0. The Balaban J connectivity index is 1.40. The van der Waals surface area contributed by atoms with Crippen molar-refractivity contribution < 1.29 is 9.18 Å². The fraction of sp³-hybridized carbons (Fsp3) is 0. The Labute approximate surface area is 181 Å². The van der Waals surface area contributed by atoms with Crippen molar-refractivity contribution in [3.05, 3.63) is 91.0 Å². The first-order chi connectivity index (χ1) is 15.7. The van der Waals surface area contributed by atoms with Crippen LogP contribution in [0.2, 0.25) is 0 Å². The molecule has 0 spiro atoms. The lowest BCUT2D eigenvalue weighted by Crippen LogP contribution is -2.19. The lowest BCUT2D eigenvalue weighted by molar-refractivity contribution is 0.262. The molecule has 156 valence electrons. The fourth-order valence-corrected chi connectivity index (χ4v) is 3.21. The molecule has 0 aliphatic heterocycles. The van der Waals surface area contributed by atoms with Gasteiger partial charge in [-0.2, -0.15) is 9.61 Å². The number of carbonyl (C=O) groups is 1. The van der Waals surface area contributed by atoms with Gasteiger partial charge in [0, 0.05) is 34.9 Å². The maximum absolute atomic E-state index is 13.0. The first-order valence-corrected chi connectivity index (χ1v) is 9.72. The summed E-state index contributed by atoms with van der Waals surface area (Å²) in [5.41, 5.74) is 4.04. The average molecular weight is 425 g/mol. The summed E-state index contributed by atoms with van der Waals surface area (Å²) in [6.07, 6.45) is 3.37. The highest BCUT2D eigenvalue weighted by Gasteiger charge is 2.11. The molecular weight excluding hydrogens is 409 g/mol. The second-order valence-electron chi connectivity index (χ2n) is 6.91. The molecule has 0 fully saturated rings. The molecule has 32 heavy (non-hydrogen) atoms. The minimum Gasteiger partial charge on any atom is -0.308 e. The van der Waals surface area contributed by atoms with Crippen LogP contribution in [0.1, 0.15) is 0 Å². The lowest BCUT2D eigenvalue weighted by Gasteiger charge is -2.09. The molecule has 0 aliphatic rings. The van der Waals surface area contributed by atoms with Crippen LogP contribution in [-0.4, -0.2) is 30.8 Å². The largest absolute Gasteiger partial charge is 0.323 e. The number of anilines is 2. The summed E-state index contributed by atoms with van der Waals surface area (Å²) in [6, 6.07) is 19.8. The van der Waals surface area contributed by atoms with Gasteiger partial charge in [0.25, 0.3) is 0 Å². The summed E-state index contributed by atoms with van der Waals surface area (Å²) in [6.45, 7) is 0. The average Bonchev–Trinajstić information content (AvgIpc) is 3.25. The highest BCUT2D eigenvalue weighted by Crippen LogP contribution is 2.23. The van der Waals surface area contributed by atoms with E-state index in [9.17, 15) is 9.18 Å². The number of amides is 2. The third kappa shape index (κ3) is 3.99. The van der Waals surface area contributed by atoms with Crippen molar-refractivity contribution in [2.75, 3.05) is 10.6 Å². The maximum atomic E-state index is 13.0. The van der Waals surface area contributed by atoms with Crippen molar-refractivity contribution in [1.29, 1.82) is 0 Å². The van der Waals surface area contributed by atoms with E-state index in [-0.39, 0.29) is 5.82 Å². The molecule has 2 aromatic carbocycles. The maximum Gasteiger partial charge on any atom is 0.323 e. The second kappa shape index (κ2) is 8.23. The van der Waals surface area contributed by atoms with Crippen LogP contribution in [0.3, 0.4) is 0 Å².